The van der Waals surface area contributed by atoms with Gasteiger partial charge in [-0.25, -0.2) is 24.0 Å². The van der Waals surface area contributed by atoms with E-state index < -0.39 is 138 Å². The van der Waals surface area contributed by atoms with Gasteiger partial charge >= 0.3 is 29.8 Å². The number of methoxy groups -OCH3 is 1. The van der Waals surface area contributed by atoms with Crippen LogP contribution in [0.25, 0.3) is 0 Å². The predicted molar refractivity (Wildman–Crippen MR) is 182 cm³/mol. The second kappa shape index (κ2) is 15.3. The maximum Gasteiger partial charge on any atom is 0.343 e. The first-order chi connectivity index (χ1) is 26.8. The molecule has 0 saturated carbocycles. The Morgan fingerprint density at radius 2 is 0.509 bits per heavy atom. The topological polar surface area (TPSA) is 354 Å². The molecule has 0 fully saturated rings. The van der Waals surface area contributed by atoms with Gasteiger partial charge < -0.3 is 79.9 Å². The van der Waals surface area contributed by atoms with Gasteiger partial charge in [0.25, 0.3) is 0 Å². The highest BCUT2D eigenvalue weighted by Crippen LogP contribution is 2.43. The predicted octanol–water partition coefficient (Wildman–Crippen LogP) is 3.11. The Hall–Kier alpha value is -8.75. The smallest absolute Gasteiger partial charge is 0.343 e. The highest BCUT2D eigenvalue weighted by Gasteiger charge is 2.26. The Balaban J connectivity index is 1.37. The van der Waals surface area contributed by atoms with Crippen molar-refractivity contribution < 1.29 is 104 Å². The summed E-state index contributed by atoms with van der Waals surface area (Å²) in [6.45, 7) is 0. The number of aromatic hydroxyl groups is 11. The normalized spacial score (nSPS) is 10.6. The number of ether oxygens (including phenoxy) is 5. The fourth-order valence-electron chi connectivity index (χ4n) is 4.63. The lowest BCUT2D eigenvalue weighted by Crippen LogP contribution is -2.13. The van der Waals surface area contributed by atoms with Gasteiger partial charge in [0, 0.05) is 0 Å². The zero-order valence-electron chi connectivity index (χ0n) is 28.3. The molecule has 0 bridgehead atoms. The van der Waals surface area contributed by atoms with Gasteiger partial charge in [0.15, 0.2) is 63.2 Å². The van der Waals surface area contributed by atoms with Crippen LogP contribution >= 0.6 is 0 Å². The average Bonchev–Trinajstić information content (AvgIpc) is 3.16. The Labute approximate surface area is 315 Å². The van der Waals surface area contributed by atoms with E-state index >= 15 is 0 Å². The molecule has 21 nitrogen and oxygen atoms in total. The first-order valence-corrected chi connectivity index (χ1v) is 15.2. The number of rotatable bonds is 9. The van der Waals surface area contributed by atoms with Crippen molar-refractivity contribution in [1.82, 2.24) is 0 Å². The van der Waals surface area contributed by atoms with Crippen LogP contribution in [0.5, 0.6) is 86.2 Å². The van der Waals surface area contributed by atoms with Crippen LogP contribution in [0.3, 0.4) is 0 Å². The van der Waals surface area contributed by atoms with E-state index in [0.717, 1.165) is 19.2 Å². The minimum absolute atomic E-state index is 0.343. The van der Waals surface area contributed by atoms with E-state index in [-0.39, 0.29) is 5.56 Å². The molecule has 57 heavy (non-hydrogen) atoms. The number of hydrogen-bond acceptors (Lipinski definition) is 21. The van der Waals surface area contributed by atoms with Crippen LogP contribution in [0.1, 0.15) is 51.8 Å². The molecule has 0 amide bonds. The van der Waals surface area contributed by atoms with Crippen LogP contribution in [-0.2, 0) is 4.74 Å². The molecule has 0 radical (unpaired) electrons. The minimum Gasteiger partial charge on any atom is -0.504 e. The Morgan fingerprint density at radius 1 is 0.316 bits per heavy atom. The Morgan fingerprint density at radius 3 is 0.737 bits per heavy atom. The van der Waals surface area contributed by atoms with Crippen LogP contribution in [0, 0.1) is 0 Å². The van der Waals surface area contributed by atoms with E-state index in [1.165, 1.54) is 0 Å². The molecule has 0 heterocycles. The molecule has 0 aromatic heterocycles. The van der Waals surface area contributed by atoms with Crippen LogP contribution in [0.4, 0.5) is 0 Å². The van der Waals surface area contributed by atoms with E-state index in [1.54, 1.807) is 0 Å². The molecular weight excluding hydrogens is 768 g/mol. The highest BCUT2D eigenvalue weighted by atomic mass is 16.6. The molecule has 5 aromatic carbocycles. The lowest BCUT2D eigenvalue weighted by Gasteiger charge is -2.13. The third-order valence-corrected chi connectivity index (χ3v) is 7.46. The highest BCUT2D eigenvalue weighted by molar-refractivity contribution is 5.98. The van der Waals surface area contributed by atoms with E-state index in [9.17, 15) is 80.1 Å². The van der Waals surface area contributed by atoms with E-state index in [4.69, 9.17) is 18.9 Å². The number of benzene rings is 5. The van der Waals surface area contributed by atoms with E-state index in [0.29, 0.717) is 48.5 Å². The Bertz CT molecular complexity index is 2500. The van der Waals surface area contributed by atoms with Gasteiger partial charge in [-0.1, -0.05) is 0 Å². The van der Waals surface area contributed by atoms with E-state index in [2.05, 4.69) is 4.74 Å². The molecule has 0 aliphatic rings. The fraction of sp³-hybridized carbons (Fsp3) is 0.0278. The summed E-state index contributed by atoms with van der Waals surface area (Å²) in [5.41, 5.74) is -2.92. The molecular formula is C36H24O21. The maximum absolute atomic E-state index is 13.1. The molecule has 21 heteroatoms. The van der Waals surface area contributed by atoms with Crippen molar-refractivity contribution in [2.75, 3.05) is 7.11 Å². The van der Waals surface area contributed by atoms with Gasteiger partial charge in [0.05, 0.1) is 34.9 Å². The number of hydrogen-bond donors (Lipinski definition) is 11. The van der Waals surface area contributed by atoms with Gasteiger partial charge in [-0.05, 0) is 60.7 Å². The number of phenolic OH excluding ortho intramolecular Hbond substituents is 11. The van der Waals surface area contributed by atoms with Crippen molar-refractivity contribution in [2.45, 2.75) is 0 Å². The van der Waals surface area contributed by atoms with Crippen LogP contribution in [-0.4, -0.2) is 93.1 Å². The van der Waals surface area contributed by atoms with Gasteiger partial charge in [-0.15, -0.1) is 0 Å². The summed E-state index contributed by atoms with van der Waals surface area (Å²) >= 11 is 0. The van der Waals surface area contributed by atoms with Crippen molar-refractivity contribution in [3.05, 3.63) is 88.5 Å². The van der Waals surface area contributed by atoms with Crippen molar-refractivity contribution in [3.8, 4) is 86.2 Å². The molecule has 5 rings (SSSR count). The summed E-state index contributed by atoms with van der Waals surface area (Å²) < 4.78 is 24.5. The molecule has 0 saturated heterocycles. The van der Waals surface area contributed by atoms with Crippen molar-refractivity contribution in [2.24, 2.45) is 0 Å². The number of carbonyl (C=O) groups is 5. The molecule has 0 aliphatic carbocycles. The monoisotopic (exact) mass is 792 g/mol. The summed E-state index contributed by atoms with van der Waals surface area (Å²) in [7, 11) is 1.01. The molecule has 0 atom stereocenters. The molecule has 11 N–H and O–H groups in total. The van der Waals surface area contributed by atoms with Crippen molar-refractivity contribution in [3.63, 3.8) is 0 Å². The molecule has 0 aliphatic heterocycles. The SMILES string of the molecule is COC(=O)c1cc(O)c(O)c(OC(=O)c2cc(O)c(O)c(OC(=O)c3cc(O)c(O)c(OC(=O)c4cc(O)c(O)c(OC(=O)c5cc(O)c(O)c(O)c5)c4)c3)c2)c1. The van der Waals surface area contributed by atoms with Gasteiger partial charge in [-0.3, -0.25) is 0 Å². The van der Waals surface area contributed by atoms with Crippen LogP contribution < -0.4 is 18.9 Å². The molecule has 0 unspecified atom stereocenters. The number of phenols is 11. The molecule has 5 aromatic rings. The standard InChI is InChI=1S/C36H24O21/c1-53-32(48)13-4-19(39)28(44)23(8-13)55-34(50)15-6-21(41)30(46)25(10-15)57-36(52)16-7-22(42)31(47)26(11-16)56-35(51)14-5-20(40)29(45)24(9-14)54-33(49)12-2-17(37)27(43)18(38)3-12/h2-11,37-47H,1H3. The third-order valence-electron chi connectivity index (χ3n) is 7.46. The zero-order valence-corrected chi connectivity index (χ0v) is 28.3. The summed E-state index contributed by atoms with van der Waals surface area (Å²) in [6, 6.07) is 6.87. The maximum atomic E-state index is 13.1. The lowest BCUT2D eigenvalue weighted by molar-refractivity contribution is 0.0596. The quantitative estimate of drug-likeness (QED) is 0.0580. The van der Waals surface area contributed by atoms with Gasteiger partial charge in [-0.2, -0.15) is 0 Å². The van der Waals surface area contributed by atoms with Crippen molar-refractivity contribution in [1.29, 1.82) is 0 Å². The first-order valence-electron chi connectivity index (χ1n) is 15.2. The van der Waals surface area contributed by atoms with Gasteiger partial charge in [0.2, 0.25) is 23.0 Å². The zero-order chi connectivity index (χ0) is 42.0. The van der Waals surface area contributed by atoms with E-state index in [1.807, 2.05) is 0 Å². The van der Waals surface area contributed by atoms with Crippen LogP contribution in [0.2, 0.25) is 0 Å². The summed E-state index contributed by atoms with van der Waals surface area (Å²) in [6.07, 6.45) is 0. The number of esters is 5. The van der Waals surface area contributed by atoms with Crippen LogP contribution in [0.15, 0.2) is 60.7 Å². The Kier molecular flexibility index (Phi) is 10.6. The number of carbonyl (C=O) groups excluding carboxylic acids is 5. The largest absolute Gasteiger partial charge is 0.504 e. The second-order valence-electron chi connectivity index (χ2n) is 11.3. The lowest BCUT2D eigenvalue weighted by atomic mass is 10.1. The third kappa shape index (κ3) is 8.11. The average molecular weight is 793 g/mol. The molecule has 0 spiro atoms. The summed E-state index contributed by atoms with van der Waals surface area (Å²) in [5, 5.41) is 110. The van der Waals surface area contributed by atoms with Crippen molar-refractivity contribution >= 4 is 29.8 Å². The second-order valence-corrected chi connectivity index (χ2v) is 11.3. The molecule has 294 valence electrons. The summed E-state index contributed by atoms with van der Waals surface area (Å²) in [5.74, 6) is -21.3. The fourth-order valence-corrected chi connectivity index (χ4v) is 4.63. The minimum atomic E-state index is -1.49. The van der Waals surface area contributed by atoms with Gasteiger partial charge in [0.1, 0.15) is 0 Å². The summed E-state index contributed by atoms with van der Waals surface area (Å²) in [4.78, 5) is 63.5. The first kappa shape index (κ1) is 39.5.